The number of nitrogens with zero attached hydrogens (tertiary/aromatic N) is 1. The van der Waals surface area contributed by atoms with E-state index in [1.54, 1.807) is 32.3 Å². The van der Waals surface area contributed by atoms with E-state index in [-0.39, 0.29) is 6.03 Å². The SMILES string of the molecule is COc1cccc(NC(=O)N(CCc2ccc(OC)c(OC)c2)Cc2cccc(OCc3ccccc3)c2)c1. The Morgan fingerprint density at radius 2 is 1.44 bits per heavy atom. The monoisotopic (exact) mass is 526 g/mol. The first kappa shape index (κ1) is 27.4. The maximum absolute atomic E-state index is 13.5. The maximum atomic E-state index is 13.5. The summed E-state index contributed by atoms with van der Waals surface area (Å²) in [5, 5.41) is 3.01. The number of ether oxygens (including phenoxy) is 4. The van der Waals surface area contributed by atoms with Crippen molar-refractivity contribution in [1.29, 1.82) is 0 Å². The minimum absolute atomic E-state index is 0.209. The summed E-state index contributed by atoms with van der Waals surface area (Å²) in [6.45, 7) is 1.37. The summed E-state index contributed by atoms with van der Waals surface area (Å²) in [6.07, 6.45) is 0.635. The first-order valence-corrected chi connectivity index (χ1v) is 12.7. The molecule has 0 radical (unpaired) electrons. The van der Waals surface area contributed by atoms with Crippen LogP contribution in [-0.4, -0.2) is 38.8 Å². The lowest BCUT2D eigenvalue weighted by Gasteiger charge is -2.24. The second kappa shape index (κ2) is 13.8. The maximum Gasteiger partial charge on any atom is 0.322 e. The van der Waals surface area contributed by atoms with Gasteiger partial charge in [-0.1, -0.05) is 54.6 Å². The predicted molar refractivity (Wildman–Crippen MR) is 153 cm³/mol. The van der Waals surface area contributed by atoms with Gasteiger partial charge in [0.1, 0.15) is 18.1 Å². The van der Waals surface area contributed by atoms with Crippen molar-refractivity contribution >= 4 is 11.7 Å². The number of carbonyl (C=O) groups excluding carboxylic acids is 1. The van der Waals surface area contributed by atoms with Crippen molar-refractivity contribution in [2.75, 3.05) is 33.2 Å². The van der Waals surface area contributed by atoms with Gasteiger partial charge in [-0.15, -0.1) is 0 Å². The van der Waals surface area contributed by atoms with E-state index in [0.29, 0.717) is 49.1 Å². The molecule has 4 aromatic carbocycles. The average Bonchev–Trinajstić information content (AvgIpc) is 2.98. The minimum atomic E-state index is -0.209. The van der Waals surface area contributed by atoms with Crippen molar-refractivity contribution < 1.29 is 23.7 Å². The van der Waals surface area contributed by atoms with Gasteiger partial charge >= 0.3 is 6.03 Å². The Morgan fingerprint density at radius 3 is 2.21 bits per heavy atom. The standard InChI is InChI=1S/C32H34N2O5/c1-36-28-13-8-12-27(21-28)33-32(35)34(18-17-24-15-16-30(37-2)31(20-24)38-3)22-26-11-7-14-29(19-26)39-23-25-9-5-4-6-10-25/h4-16,19-21H,17-18,22-23H2,1-3H3,(H,33,35). The third-order valence-corrected chi connectivity index (χ3v) is 6.25. The highest BCUT2D eigenvalue weighted by Crippen LogP contribution is 2.28. The van der Waals surface area contributed by atoms with E-state index in [4.69, 9.17) is 18.9 Å². The topological polar surface area (TPSA) is 69.3 Å². The molecule has 0 atom stereocenters. The van der Waals surface area contributed by atoms with Crippen LogP contribution in [0.4, 0.5) is 10.5 Å². The quantitative estimate of drug-likeness (QED) is 0.226. The van der Waals surface area contributed by atoms with E-state index in [1.165, 1.54) is 0 Å². The molecule has 1 N–H and O–H groups in total. The number of urea groups is 1. The van der Waals surface area contributed by atoms with Crippen molar-refractivity contribution in [1.82, 2.24) is 4.90 Å². The highest BCUT2D eigenvalue weighted by atomic mass is 16.5. The first-order chi connectivity index (χ1) is 19.1. The molecular formula is C32H34N2O5. The van der Waals surface area contributed by atoms with Gasteiger partial charge in [-0.3, -0.25) is 0 Å². The van der Waals surface area contributed by atoms with Crippen LogP contribution >= 0.6 is 0 Å². The van der Waals surface area contributed by atoms with Crippen LogP contribution in [0.15, 0.2) is 97.1 Å². The molecule has 7 nitrogen and oxygen atoms in total. The van der Waals surface area contributed by atoms with Crippen LogP contribution in [-0.2, 0) is 19.6 Å². The number of hydrogen-bond acceptors (Lipinski definition) is 5. The zero-order valence-corrected chi connectivity index (χ0v) is 22.6. The number of carbonyl (C=O) groups is 1. The number of methoxy groups -OCH3 is 3. The zero-order chi connectivity index (χ0) is 27.5. The predicted octanol–water partition coefficient (Wildman–Crippen LogP) is 6.57. The molecule has 0 aromatic heterocycles. The number of nitrogens with one attached hydrogen (secondary N) is 1. The third-order valence-electron chi connectivity index (χ3n) is 6.25. The van der Waals surface area contributed by atoms with Gasteiger partial charge in [0.25, 0.3) is 0 Å². The average molecular weight is 527 g/mol. The number of benzene rings is 4. The summed E-state index contributed by atoms with van der Waals surface area (Å²) < 4.78 is 22.1. The Balaban J connectivity index is 1.50. The van der Waals surface area contributed by atoms with E-state index >= 15 is 0 Å². The molecule has 4 aromatic rings. The molecule has 0 saturated carbocycles. The van der Waals surface area contributed by atoms with E-state index in [0.717, 1.165) is 22.4 Å². The molecule has 202 valence electrons. The molecule has 4 rings (SSSR count). The number of hydrogen-bond donors (Lipinski definition) is 1. The Morgan fingerprint density at radius 1 is 0.692 bits per heavy atom. The van der Waals surface area contributed by atoms with E-state index < -0.39 is 0 Å². The van der Waals surface area contributed by atoms with Gasteiger partial charge in [-0.25, -0.2) is 4.79 Å². The van der Waals surface area contributed by atoms with E-state index in [1.807, 2.05) is 91.0 Å². The van der Waals surface area contributed by atoms with Crippen molar-refractivity contribution in [3.63, 3.8) is 0 Å². The number of rotatable bonds is 12. The fourth-order valence-corrected chi connectivity index (χ4v) is 4.15. The van der Waals surface area contributed by atoms with Gasteiger partial charge in [0.2, 0.25) is 0 Å². The van der Waals surface area contributed by atoms with E-state index in [9.17, 15) is 4.79 Å². The van der Waals surface area contributed by atoms with Gasteiger partial charge in [0.05, 0.1) is 21.3 Å². The second-order valence-corrected chi connectivity index (χ2v) is 8.94. The van der Waals surface area contributed by atoms with Crippen molar-refractivity contribution in [2.45, 2.75) is 19.6 Å². The fourth-order valence-electron chi connectivity index (χ4n) is 4.15. The Bertz CT molecular complexity index is 1360. The molecule has 39 heavy (non-hydrogen) atoms. The van der Waals surface area contributed by atoms with Crippen molar-refractivity contribution in [2.24, 2.45) is 0 Å². The molecule has 0 unspecified atom stereocenters. The summed E-state index contributed by atoms with van der Waals surface area (Å²) in [5.74, 6) is 2.75. The largest absolute Gasteiger partial charge is 0.497 e. The lowest BCUT2D eigenvalue weighted by Crippen LogP contribution is -2.36. The minimum Gasteiger partial charge on any atom is -0.497 e. The summed E-state index contributed by atoms with van der Waals surface area (Å²) >= 11 is 0. The second-order valence-electron chi connectivity index (χ2n) is 8.94. The van der Waals surface area contributed by atoms with Crippen LogP contribution < -0.4 is 24.3 Å². The Hall–Kier alpha value is -4.65. The molecule has 0 bridgehead atoms. The van der Waals surface area contributed by atoms with Crippen LogP contribution in [0.1, 0.15) is 16.7 Å². The molecule has 0 fully saturated rings. The molecule has 0 heterocycles. The van der Waals surface area contributed by atoms with Crippen molar-refractivity contribution in [3.05, 3.63) is 114 Å². The normalized spacial score (nSPS) is 10.4. The molecular weight excluding hydrogens is 492 g/mol. The molecule has 2 amide bonds. The highest BCUT2D eigenvalue weighted by molar-refractivity contribution is 5.89. The van der Waals surface area contributed by atoms with Gasteiger partial charge in [-0.05, 0) is 59.5 Å². The molecule has 0 aliphatic heterocycles. The third kappa shape index (κ3) is 7.92. The fraction of sp³-hybridized carbons (Fsp3) is 0.219. The van der Waals surface area contributed by atoms with Crippen LogP contribution in [0.25, 0.3) is 0 Å². The molecule has 0 saturated heterocycles. The Labute approximate surface area is 229 Å². The highest BCUT2D eigenvalue weighted by Gasteiger charge is 2.16. The van der Waals surface area contributed by atoms with Crippen LogP contribution in [0, 0.1) is 0 Å². The summed E-state index contributed by atoms with van der Waals surface area (Å²) in [6, 6.07) is 30.8. The molecule has 7 heteroatoms. The van der Waals surface area contributed by atoms with Crippen LogP contribution in [0.3, 0.4) is 0 Å². The van der Waals surface area contributed by atoms with Crippen LogP contribution in [0.2, 0.25) is 0 Å². The summed E-state index contributed by atoms with van der Waals surface area (Å²) in [5.41, 5.74) is 3.76. The zero-order valence-electron chi connectivity index (χ0n) is 22.6. The van der Waals surface area contributed by atoms with Gasteiger partial charge in [-0.2, -0.15) is 0 Å². The summed E-state index contributed by atoms with van der Waals surface area (Å²) in [4.78, 5) is 15.2. The van der Waals surface area contributed by atoms with Gasteiger partial charge in [0, 0.05) is 24.8 Å². The van der Waals surface area contributed by atoms with Crippen LogP contribution in [0.5, 0.6) is 23.0 Å². The van der Waals surface area contributed by atoms with E-state index in [2.05, 4.69) is 5.32 Å². The Kier molecular flexibility index (Phi) is 9.67. The molecule has 0 aliphatic rings. The summed E-state index contributed by atoms with van der Waals surface area (Å²) in [7, 11) is 4.82. The smallest absolute Gasteiger partial charge is 0.322 e. The number of anilines is 1. The number of amides is 2. The van der Waals surface area contributed by atoms with Gasteiger partial charge in [0.15, 0.2) is 11.5 Å². The molecule has 0 spiro atoms. The van der Waals surface area contributed by atoms with Crippen molar-refractivity contribution in [3.8, 4) is 23.0 Å². The lowest BCUT2D eigenvalue weighted by atomic mass is 10.1. The lowest BCUT2D eigenvalue weighted by molar-refractivity contribution is 0.209. The first-order valence-electron chi connectivity index (χ1n) is 12.7. The van der Waals surface area contributed by atoms with Gasteiger partial charge < -0.3 is 29.2 Å². The molecule has 0 aliphatic carbocycles.